The first kappa shape index (κ1) is 17.7. The predicted octanol–water partition coefficient (Wildman–Crippen LogP) is 0.0447. The van der Waals surface area contributed by atoms with Crippen LogP contribution in [0.15, 0.2) is 45.2 Å². The van der Waals surface area contributed by atoms with Gasteiger partial charge in [0.2, 0.25) is 5.91 Å². The molecule has 2 aromatic rings. The van der Waals surface area contributed by atoms with Crippen LogP contribution in [0.2, 0.25) is 0 Å². The molecule has 2 atom stereocenters. The average molecular weight is 380 g/mol. The van der Waals surface area contributed by atoms with Gasteiger partial charge in [-0.2, -0.15) is 0 Å². The van der Waals surface area contributed by atoms with Gasteiger partial charge in [0.15, 0.2) is 11.7 Å². The lowest BCUT2D eigenvalue weighted by Crippen LogP contribution is -2.50. The van der Waals surface area contributed by atoms with Gasteiger partial charge in [-0.3, -0.25) is 29.1 Å². The molecule has 0 spiro atoms. The van der Waals surface area contributed by atoms with Crippen LogP contribution in [0.4, 0.5) is 5.82 Å². The summed E-state index contributed by atoms with van der Waals surface area (Å²) in [5.41, 5.74) is 0.450. The van der Waals surface area contributed by atoms with Gasteiger partial charge in [0, 0.05) is 5.57 Å². The molecular formula is C19H16N4O5. The van der Waals surface area contributed by atoms with Gasteiger partial charge >= 0.3 is 5.69 Å². The van der Waals surface area contributed by atoms with Crippen molar-refractivity contribution in [3.63, 3.8) is 0 Å². The predicted molar refractivity (Wildman–Crippen MR) is 98.7 cm³/mol. The van der Waals surface area contributed by atoms with E-state index in [1.54, 1.807) is 12.1 Å². The normalized spacial score (nSPS) is 20.8. The summed E-state index contributed by atoms with van der Waals surface area (Å²) in [5, 5.41) is 5.28. The number of H-pyrrole nitrogens is 2. The number of nitrogens with one attached hydrogen (secondary N) is 4. The van der Waals surface area contributed by atoms with Crippen molar-refractivity contribution in [1.82, 2.24) is 15.3 Å². The number of rotatable bonds is 2. The second-order valence-corrected chi connectivity index (χ2v) is 6.85. The molecule has 142 valence electrons. The minimum Gasteiger partial charge on any atom is -0.327 e. The first-order valence-corrected chi connectivity index (χ1v) is 8.57. The zero-order chi connectivity index (χ0) is 20.2. The average Bonchev–Trinajstić information content (AvgIpc) is 2.60. The highest BCUT2D eigenvalue weighted by molar-refractivity contribution is 6.26. The topological polar surface area (TPSA) is 141 Å². The maximum atomic E-state index is 13.1. The fraction of sp³-hybridized carbons (Fsp3) is 0.211. The van der Waals surface area contributed by atoms with E-state index in [1.165, 1.54) is 6.92 Å². The van der Waals surface area contributed by atoms with E-state index in [-0.39, 0.29) is 22.8 Å². The SMILES string of the molecule is CC(=O)C1C(=O)NC2=C(C1=O)C(c1ccc(C)cc1)c1c([nH]c(=O)[nH]c1=O)N2. The smallest absolute Gasteiger partial charge is 0.327 e. The molecule has 0 saturated carbocycles. The Balaban J connectivity index is 2.01. The Morgan fingerprint density at radius 3 is 2.29 bits per heavy atom. The largest absolute Gasteiger partial charge is 0.327 e. The minimum absolute atomic E-state index is 0.0619. The molecule has 4 rings (SSSR count). The van der Waals surface area contributed by atoms with Crippen molar-refractivity contribution in [3.8, 4) is 0 Å². The van der Waals surface area contributed by atoms with E-state index in [0.29, 0.717) is 5.56 Å². The summed E-state index contributed by atoms with van der Waals surface area (Å²) in [6.07, 6.45) is 0. The van der Waals surface area contributed by atoms with Gasteiger partial charge in [0.25, 0.3) is 5.56 Å². The monoisotopic (exact) mass is 380 g/mol. The van der Waals surface area contributed by atoms with Crippen molar-refractivity contribution in [3.05, 3.63) is 73.2 Å². The molecule has 2 aliphatic rings. The molecule has 2 unspecified atom stereocenters. The van der Waals surface area contributed by atoms with E-state index in [0.717, 1.165) is 5.56 Å². The van der Waals surface area contributed by atoms with Crippen LogP contribution in [0.1, 0.15) is 29.5 Å². The van der Waals surface area contributed by atoms with Crippen LogP contribution in [0, 0.1) is 12.8 Å². The third kappa shape index (κ3) is 2.59. The van der Waals surface area contributed by atoms with Gasteiger partial charge in [-0.1, -0.05) is 29.8 Å². The Morgan fingerprint density at radius 1 is 0.964 bits per heavy atom. The number of fused-ring (bicyclic) bond motifs is 1. The second kappa shape index (κ2) is 6.15. The number of aromatic amines is 2. The van der Waals surface area contributed by atoms with Crippen molar-refractivity contribution in [2.45, 2.75) is 19.8 Å². The van der Waals surface area contributed by atoms with Gasteiger partial charge in [-0.05, 0) is 19.4 Å². The van der Waals surface area contributed by atoms with Crippen molar-refractivity contribution in [2.24, 2.45) is 5.92 Å². The number of carbonyl (C=O) groups excluding carboxylic acids is 3. The number of allylic oxidation sites excluding steroid dienone is 1. The van der Waals surface area contributed by atoms with Gasteiger partial charge < -0.3 is 10.6 Å². The van der Waals surface area contributed by atoms with Crippen molar-refractivity contribution < 1.29 is 14.4 Å². The van der Waals surface area contributed by atoms with Gasteiger partial charge in [-0.25, -0.2) is 4.79 Å². The van der Waals surface area contributed by atoms with Gasteiger partial charge in [-0.15, -0.1) is 0 Å². The lowest BCUT2D eigenvalue weighted by Gasteiger charge is -2.34. The molecule has 1 amide bonds. The molecule has 9 heteroatoms. The fourth-order valence-corrected chi connectivity index (χ4v) is 3.65. The summed E-state index contributed by atoms with van der Waals surface area (Å²) in [6, 6.07) is 7.17. The Bertz CT molecular complexity index is 1190. The Kier molecular flexibility index (Phi) is 3.88. The molecule has 4 N–H and O–H groups in total. The maximum absolute atomic E-state index is 13.1. The zero-order valence-corrected chi connectivity index (χ0v) is 15.0. The van der Waals surface area contributed by atoms with E-state index in [4.69, 9.17) is 0 Å². The highest BCUT2D eigenvalue weighted by Gasteiger charge is 2.46. The number of ketones is 2. The van der Waals surface area contributed by atoms with Crippen LogP contribution in [-0.4, -0.2) is 27.4 Å². The lowest BCUT2D eigenvalue weighted by molar-refractivity contribution is -0.139. The number of hydrogen-bond donors (Lipinski definition) is 4. The number of hydrogen-bond acceptors (Lipinski definition) is 6. The number of aromatic nitrogens is 2. The van der Waals surface area contributed by atoms with Crippen molar-refractivity contribution in [2.75, 3.05) is 5.32 Å². The van der Waals surface area contributed by atoms with Crippen LogP contribution in [0.3, 0.4) is 0 Å². The second-order valence-electron chi connectivity index (χ2n) is 6.85. The van der Waals surface area contributed by atoms with E-state index in [2.05, 4.69) is 20.6 Å². The fourth-order valence-electron chi connectivity index (χ4n) is 3.65. The molecule has 0 bridgehead atoms. The number of benzene rings is 1. The van der Waals surface area contributed by atoms with Crippen LogP contribution < -0.4 is 21.9 Å². The summed E-state index contributed by atoms with van der Waals surface area (Å²) >= 11 is 0. The molecule has 28 heavy (non-hydrogen) atoms. The van der Waals surface area contributed by atoms with E-state index in [9.17, 15) is 24.0 Å². The first-order chi connectivity index (χ1) is 13.3. The summed E-state index contributed by atoms with van der Waals surface area (Å²) in [6.45, 7) is 3.07. The molecule has 1 aromatic carbocycles. The van der Waals surface area contributed by atoms with Crippen LogP contribution in [-0.2, 0) is 14.4 Å². The van der Waals surface area contributed by atoms with E-state index < -0.39 is 40.6 Å². The molecule has 0 radical (unpaired) electrons. The van der Waals surface area contributed by atoms with E-state index in [1.807, 2.05) is 19.1 Å². The molecule has 2 aliphatic heterocycles. The Hall–Kier alpha value is -3.75. The summed E-state index contributed by atoms with van der Waals surface area (Å²) in [7, 11) is 0. The summed E-state index contributed by atoms with van der Waals surface area (Å²) in [4.78, 5) is 66.2. The molecule has 0 saturated heterocycles. The van der Waals surface area contributed by atoms with Crippen LogP contribution in [0.25, 0.3) is 0 Å². The lowest BCUT2D eigenvalue weighted by atomic mass is 9.76. The molecule has 0 fully saturated rings. The number of Topliss-reactive ketones (excluding diaryl/α,β-unsaturated/α-hetero) is 2. The maximum Gasteiger partial charge on any atom is 0.327 e. The molecular weight excluding hydrogens is 364 g/mol. The highest BCUT2D eigenvalue weighted by atomic mass is 16.2. The van der Waals surface area contributed by atoms with Gasteiger partial charge in [0.1, 0.15) is 17.4 Å². The molecule has 0 aliphatic carbocycles. The number of anilines is 1. The van der Waals surface area contributed by atoms with Crippen LogP contribution >= 0.6 is 0 Å². The van der Waals surface area contributed by atoms with Crippen molar-refractivity contribution >= 4 is 23.3 Å². The summed E-state index contributed by atoms with van der Waals surface area (Å²) < 4.78 is 0. The molecule has 9 nitrogen and oxygen atoms in total. The number of amides is 1. The quantitative estimate of drug-likeness (QED) is 0.542. The zero-order valence-electron chi connectivity index (χ0n) is 15.0. The van der Waals surface area contributed by atoms with Crippen molar-refractivity contribution in [1.29, 1.82) is 0 Å². The number of aryl methyl sites for hydroxylation is 1. The molecule has 3 heterocycles. The first-order valence-electron chi connectivity index (χ1n) is 8.57. The Morgan fingerprint density at radius 2 is 1.64 bits per heavy atom. The standard InChI is InChI=1S/C19H16N4O5/c1-7-3-5-9(6-4-7)11-12-14(25)10(8(2)24)17(26)21-15(12)20-16-13(11)18(27)23-19(28)22-16/h3-6,10-11H,1-2H3,(H,21,26)(H3,20,22,23,27,28). The van der Waals surface area contributed by atoms with Crippen LogP contribution in [0.5, 0.6) is 0 Å². The Labute approximate surface area is 157 Å². The highest BCUT2D eigenvalue weighted by Crippen LogP contribution is 2.41. The minimum atomic E-state index is -1.48. The summed E-state index contributed by atoms with van der Waals surface area (Å²) in [5.74, 6) is -4.18. The number of carbonyl (C=O) groups is 3. The third-order valence-corrected chi connectivity index (χ3v) is 4.93. The third-order valence-electron chi connectivity index (χ3n) is 4.93. The van der Waals surface area contributed by atoms with Gasteiger partial charge in [0.05, 0.1) is 11.5 Å². The molecule has 1 aromatic heterocycles. The van der Waals surface area contributed by atoms with E-state index >= 15 is 0 Å².